The Kier molecular flexibility index (Phi) is 5.71. The molecule has 1 fully saturated rings. The number of likely N-dealkylation sites (tertiary alicyclic amines) is 1. The smallest absolute Gasteiger partial charge is 0.421 e. The first-order valence-electron chi connectivity index (χ1n) is 10.7. The summed E-state index contributed by atoms with van der Waals surface area (Å²) in [6, 6.07) is 7.35. The second-order valence-electron chi connectivity index (χ2n) is 7.92. The van der Waals surface area contributed by atoms with E-state index in [4.69, 9.17) is 9.15 Å². The Bertz CT molecular complexity index is 1380. The molecule has 1 aliphatic heterocycles. The number of halogens is 3. The summed E-state index contributed by atoms with van der Waals surface area (Å²) in [5.41, 5.74) is 0.368. The Hall–Kier alpha value is -4.22. The topological polar surface area (TPSA) is 106 Å². The third kappa shape index (κ3) is 4.46. The number of furan rings is 1. The largest absolute Gasteiger partial charge is 0.481 e. The first-order chi connectivity index (χ1) is 16.8. The highest BCUT2D eigenvalue weighted by atomic mass is 19.4. The minimum atomic E-state index is -4.64. The number of pyridine rings is 2. The van der Waals surface area contributed by atoms with E-state index in [0.717, 1.165) is 13.2 Å². The summed E-state index contributed by atoms with van der Waals surface area (Å²) < 4.78 is 50.3. The number of alkyl halides is 3. The van der Waals surface area contributed by atoms with Crippen LogP contribution in [0.2, 0.25) is 0 Å². The van der Waals surface area contributed by atoms with Gasteiger partial charge >= 0.3 is 6.18 Å². The standard InChI is InChI=1S/C23H19F3N6O3/c1-34-21-15(23(24,25)26)9-13(10-27-21)16-4-5-17-19(31-16)20(29-12-28-17)30-14-6-7-32(11-14)22(33)18-3-2-8-35-18/h2-5,8-10,12,14H,6-7,11H2,1H3,(H,28,29,30)/t14-/m0/s1. The van der Waals surface area contributed by atoms with Gasteiger partial charge in [-0.2, -0.15) is 13.2 Å². The summed E-state index contributed by atoms with van der Waals surface area (Å²) in [7, 11) is 1.13. The van der Waals surface area contributed by atoms with E-state index in [1.54, 1.807) is 29.2 Å². The van der Waals surface area contributed by atoms with Gasteiger partial charge in [-0.3, -0.25) is 4.79 Å². The minimum absolute atomic E-state index is 0.100. The predicted octanol–water partition coefficient (Wildman–Crippen LogP) is 4.03. The van der Waals surface area contributed by atoms with Crippen molar-refractivity contribution in [2.75, 3.05) is 25.5 Å². The number of fused-ring (bicyclic) bond motifs is 1. The molecule has 1 N–H and O–H groups in total. The average molecular weight is 484 g/mol. The summed E-state index contributed by atoms with van der Waals surface area (Å²) in [4.78, 5) is 31.0. The molecule has 1 saturated heterocycles. The molecular weight excluding hydrogens is 465 g/mol. The van der Waals surface area contributed by atoms with Crippen molar-refractivity contribution in [2.45, 2.75) is 18.6 Å². The lowest BCUT2D eigenvalue weighted by atomic mass is 10.1. The molecular formula is C23H19F3N6O3. The number of anilines is 1. The highest BCUT2D eigenvalue weighted by molar-refractivity contribution is 5.92. The van der Waals surface area contributed by atoms with Crippen molar-refractivity contribution in [3.63, 3.8) is 0 Å². The van der Waals surface area contributed by atoms with Gasteiger partial charge in [0.1, 0.15) is 17.4 Å². The van der Waals surface area contributed by atoms with Crippen molar-refractivity contribution in [2.24, 2.45) is 0 Å². The summed E-state index contributed by atoms with van der Waals surface area (Å²) in [6.07, 6.45) is 0.139. The van der Waals surface area contributed by atoms with Crippen LogP contribution in [-0.4, -0.2) is 57.0 Å². The fourth-order valence-electron chi connectivity index (χ4n) is 3.98. The van der Waals surface area contributed by atoms with Crippen molar-refractivity contribution in [1.82, 2.24) is 24.8 Å². The maximum absolute atomic E-state index is 13.4. The van der Waals surface area contributed by atoms with Crippen molar-refractivity contribution in [3.8, 4) is 17.1 Å². The van der Waals surface area contributed by atoms with Crippen LogP contribution in [0.5, 0.6) is 5.88 Å². The number of ether oxygens (including phenoxy) is 1. The lowest BCUT2D eigenvalue weighted by molar-refractivity contribution is -0.139. The molecule has 1 amide bonds. The van der Waals surface area contributed by atoms with Gasteiger partial charge in [-0.25, -0.2) is 19.9 Å². The highest BCUT2D eigenvalue weighted by Gasteiger charge is 2.36. The molecule has 0 unspecified atom stereocenters. The quantitative estimate of drug-likeness (QED) is 0.453. The van der Waals surface area contributed by atoms with Crippen LogP contribution in [-0.2, 0) is 6.18 Å². The maximum Gasteiger partial charge on any atom is 0.421 e. The van der Waals surface area contributed by atoms with Crippen LogP contribution >= 0.6 is 0 Å². The number of nitrogens with zero attached hydrogens (tertiary/aromatic N) is 5. The molecule has 0 saturated carbocycles. The molecule has 5 heterocycles. The van der Waals surface area contributed by atoms with Crippen LogP contribution in [0.4, 0.5) is 19.0 Å². The molecule has 1 atom stereocenters. The average Bonchev–Trinajstić information content (AvgIpc) is 3.55. The molecule has 1 aliphatic rings. The number of aromatic nitrogens is 4. The van der Waals surface area contributed by atoms with Gasteiger partial charge in [0, 0.05) is 30.9 Å². The Morgan fingerprint density at radius 2 is 2.09 bits per heavy atom. The molecule has 0 aromatic carbocycles. The molecule has 0 aliphatic carbocycles. The van der Waals surface area contributed by atoms with E-state index in [1.165, 1.54) is 18.8 Å². The molecule has 9 nitrogen and oxygen atoms in total. The van der Waals surface area contributed by atoms with Crippen LogP contribution in [0.3, 0.4) is 0 Å². The van der Waals surface area contributed by atoms with Crippen molar-refractivity contribution in [3.05, 3.63) is 60.4 Å². The van der Waals surface area contributed by atoms with Gasteiger partial charge < -0.3 is 19.4 Å². The fraction of sp³-hybridized carbons (Fsp3) is 0.261. The van der Waals surface area contributed by atoms with E-state index < -0.39 is 17.6 Å². The van der Waals surface area contributed by atoms with Crippen LogP contribution in [0.25, 0.3) is 22.3 Å². The number of nitrogens with one attached hydrogen (secondary N) is 1. The normalized spacial score (nSPS) is 16.0. The van der Waals surface area contributed by atoms with Gasteiger partial charge in [0.15, 0.2) is 11.6 Å². The van der Waals surface area contributed by atoms with E-state index in [9.17, 15) is 18.0 Å². The predicted molar refractivity (Wildman–Crippen MR) is 119 cm³/mol. The zero-order valence-corrected chi connectivity index (χ0v) is 18.4. The summed E-state index contributed by atoms with van der Waals surface area (Å²) in [5, 5.41) is 3.29. The van der Waals surface area contributed by atoms with Gasteiger partial charge in [-0.15, -0.1) is 0 Å². The molecule has 0 radical (unpaired) electrons. The number of carbonyl (C=O) groups is 1. The Morgan fingerprint density at radius 3 is 2.83 bits per heavy atom. The van der Waals surface area contributed by atoms with Gasteiger partial charge in [0.05, 0.1) is 24.6 Å². The van der Waals surface area contributed by atoms with E-state index in [-0.39, 0.29) is 29.0 Å². The number of carbonyl (C=O) groups excluding carboxylic acids is 1. The van der Waals surface area contributed by atoms with Crippen LogP contribution in [0.15, 0.2) is 53.5 Å². The molecule has 35 heavy (non-hydrogen) atoms. The Balaban J connectivity index is 1.42. The van der Waals surface area contributed by atoms with Crippen LogP contribution < -0.4 is 10.1 Å². The van der Waals surface area contributed by atoms with Crippen LogP contribution in [0, 0.1) is 0 Å². The number of hydrogen-bond donors (Lipinski definition) is 1. The monoisotopic (exact) mass is 484 g/mol. The SMILES string of the molecule is COc1ncc(-c2ccc3ncnc(N[C@H]4CCN(C(=O)c5ccco5)C4)c3n2)cc1C(F)(F)F. The van der Waals surface area contributed by atoms with Crippen molar-refractivity contribution < 1.29 is 27.1 Å². The van der Waals surface area contributed by atoms with E-state index >= 15 is 0 Å². The third-order valence-electron chi connectivity index (χ3n) is 5.68. The van der Waals surface area contributed by atoms with E-state index in [0.29, 0.717) is 36.4 Å². The summed E-state index contributed by atoms with van der Waals surface area (Å²) >= 11 is 0. The lowest BCUT2D eigenvalue weighted by Crippen LogP contribution is -2.31. The first kappa shape index (κ1) is 22.6. The van der Waals surface area contributed by atoms with Gasteiger partial charge in [-0.1, -0.05) is 0 Å². The van der Waals surface area contributed by atoms with Gasteiger partial charge in [0.2, 0.25) is 5.88 Å². The lowest BCUT2D eigenvalue weighted by Gasteiger charge is -2.17. The summed E-state index contributed by atoms with van der Waals surface area (Å²) in [6.45, 7) is 0.971. The summed E-state index contributed by atoms with van der Waals surface area (Å²) in [5.74, 6) is -0.00947. The molecule has 4 aromatic heterocycles. The molecule has 12 heteroatoms. The first-order valence-corrected chi connectivity index (χ1v) is 10.7. The van der Waals surface area contributed by atoms with Gasteiger partial charge in [-0.05, 0) is 36.8 Å². The second-order valence-corrected chi connectivity index (χ2v) is 7.92. The molecule has 0 bridgehead atoms. The third-order valence-corrected chi connectivity index (χ3v) is 5.68. The highest BCUT2D eigenvalue weighted by Crippen LogP contribution is 2.37. The van der Waals surface area contributed by atoms with Gasteiger partial charge in [0.25, 0.3) is 5.91 Å². The molecule has 4 aromatic rings. The zero-order chi connectivity index (χ0) is 24.6. The number of methoxy groups -OCH3 is 1. The van der Waals surface area contributed by atoms with Crippen LogP contribution in [0.1, 0.15) is 22.5 Å². The number of rotatable bonds is 5. The Morgan fingerprint density at radius 1 is 1.23 bits per heavy atom. The molecule has 0 spiro atoms. The second kappa shape index (κ2) is 8.85. The number of amides is 1. The zero-order valence-electron chi connectivity index (χ0n) is 18.4. The number of hydrogen-bond acceptors (Lipinski definition) is 8. The molecule has 180 valence electrons. The van der Waals surface area contributed by atoms with E-state index in [2.05, 4.69) is 25.3 Å². The molecule has 5 rings (SSSR count). The van der Waals surface area contributed by atoms with E-state index in [1.807, 2.05) is 0 Å². The van der Waals surface area contributed by atoms with Crippen molar-refractivity contribution in [1.29, 1.82) is 0 Å². The van der Waals surface area contributed by atoms with Crippen molar-refractivity contribution >= 4 is 22.8 Å². The Labute approximate surface area is 197 Å². The maximum atomic E-state index is 13.4. The minimum Gasteiger partial charge on any atom is -0.481 e. The fourth-order valence-corrected chi connectivity index (χ4v) is 3.98.